The molecule has 0 saturated carbocycles. The molecule has 3 aromatic rings. The Balaban J connectivity index is 1.81. The van der Waals surface area contributed by atoms with Crippen LogP contribution in [-0.4, -0.2) is 218 Å². The lowest BCUT2D eigenvalue weighted by atomic mass is 9.97. The van der Waals surface area contributed by atoms with E-state index in [0.717, 1.165) is 10.9 Å². The van der Waals surface area contributed by atoms with Gasteiger partial charge in [0.1, 0.15) is 72.5 Å². The van der Waals surface area contributed by atoms with Crippen LogP contribution in [0.2, 0.25) is 0 Å². The van der Waals surface area contributed by atoms with Crippen molar-refractivity contribution in [3.05, 3.63) is 71.9 Å². The van der Waals surface area contributed by atoms with Crippen molar-refractivity contribution in [1.82, 2.24) is 79.4 Å². The highest BCUT2D eigenvalue weighted by atomic mass is 16.2. The number of amides is 15. The fourth-order valence-electron chi connectivity index (χ4n) is 13.5. The predicted octanol–water partition coefficient (Wildman–Crippen LogP) is -1.07. The molecule has 2 aromatic carbocycles. The smallest absolute Gasteiger partial charge is 0.243 e. The summed E-state index contributed by atoms with van der Waals surface area (Å²) in [5.74, 6) is -13.0. The Morgan fingerprint density at radius 1 is 0.352 bits per heavy atom. The molecule has 0 aliphatic rings. The van der Waals surface area contributed by atoms with Crippen LogP contribution in [0, 0.1) is 29.6 Å². The predicted molar refractivity (Wildman–Crippen MR) is 467 cm³/mol. The number of nitrogens with two attached hydrogens (primary N) is 7. The van der Waals surface area contributed by atoms with Crippen LogP contribution in [0.4, 0.5) is 0 Å². The van der Waals surface area contributed by atoms with Gasteiger partial charge in [0, 0.05) is 29.9 Å². The summed E-state index contributed by atoms with van der Waals surface area (Å²) in [6.45, 7) is 18.9. The highest BCUT2D eigenvalue weighted by Crippen LogP contribution is 2.21. The average molecular weight is 1710 g/mol. The van der Waals surface area contributed by atoms with Crippen molar-refractivity contribution in [2.75, 3.05) is 45.8 Å². The number of aromatic amines is 1. The molecule has 14 atom stereocenters. The average Bonchev–Trinajstić information content (AvgIpc) is 1.67. The van der Waals surface area contributed by atoms with E-state index in [1.807, 2.05) is 52.0 Å². The van der Waals surface area contributed by atoms with Gasteiger partial charge < -0.3 is 120 Å². The van der Waals surface area contributed by atoms with Crippen LogP contribution in [0.25, 0.3) is 10.9 Å². The molecule has 1 aromatic heterocycles. The summed E-state index contributed by atoms with van der Waals surface area (Å²) in [7, 11) is 0. The molecule has 3 rings (SSSR count). The van der Waals surface area contributed by atoms with Crippen LogP contribution in [0.3, 0.4) is 0 Å². The highest BCUT2D eigenvalue weighted by Gasteiger charge is 2.38. The molecule has 0 saturated heterocycles. The normalized spacial score (nSPS) is 14.9. The summed E-state index contributed by atoms with van der Waals surface area (Å²) < 4.78 is 0. The van der Waals surface area contributed by atoms with Gasteiger partial charge in [-0.3, -0.25) is 71.9 Å². The summed E-state index contributed by atoms with van der Waals surface area (Å²) in [6.07, 6.45) is 7.41. The van der Waals surface area contributed by atoms with Crippen LogP contribution in [-0.2, 0) is 84.8 Å². The first kappa shape index (κ1) is 106. The Morgan fingerprint density at radius 2 is 0.721 bits per heavy atom. The van der Waals surface area contributed by atoms with E-state index in [1.165, 1.54) is 6.92 Å². The number of carbonyl (C=O) groups is 15. The molecule has 0 fully saturated rings. The lowest BCUT2D eigenvalue weighted by Gasteiger charge is -2.29. The lowest BCUT2D eigenvalue weighted by molar-refractivity contribution is -0.136. The number of nitrogens with one attached hydrogen (secondary N) is 15. The first-order chi connectivity index (χ1) is 57.9. The zero-order valence-corrected chi connectivity index (χ0v) is 73.4. The van der Waals surface area contributed by atoms with Crippen molar-refractivity contribution >= 4 is 99.5 Å². The fourth-order valence-corrected chi connectivity index (χ4v) is 13.5. The van der Waals surface area contributed by atoms with Crippen molar-refractivity contribution in [3.8, 4) is 0 Å². The van der Waals surface area contributed by atoms with Gasteiger partial charge in [-0.15, -0.1) is 0 Å². The van der Waals surface area contributed by atoms with E-state index in [9.17, 15) is 71.9 Å². The number of benzene rings is 2. The minimum Gasteiger partial charge on any atom is -0.368 e. The summed E-state index contributed by atoms with van der Waals surface area (Å²) >= 11 is 0. The standard InChI is InChI=1S/C85H144N22O15/c1-12-53(10)72(83(120)95-47-68(108)96-54(11)74(111)105-70(51(6)7)85(122)104-65(43-50(4)5)80(117)101-62(35-21-26-40-89)78(115)106-71(52(8)9)84(121)102-64(73(92)110)42-49(2)3)107-79(116)63(36-22-27-41-90)99-77(114)61(34-20-25-39-88)100-81(118)66(44-55-28-14-13-15-29-55)97-69(109)48-94-76(113)60(33-19-24-38-87)98-82(119)67(103-75(112)58(91)31-18-23-37-86)45-56-46-93-59-32-17-16-30-57(56)59/h13-17,28-30,32,46,49-54,58,60-67,70-72,93H,12,18-27,31,33-45,47-48,86-91H2,1-11H3,(H2,92,110)(H,94,113)(H,95,120)(H,96,108)(H,97,109)(H,98,119)(H,99,114)(H,100,118)(H,101,117)(H,102,121)(H,103,112)(H,104,122)(H,105,111)(H,106,115)(H,107,116)/t53-,54-,58-,60-,61-,62-,63-,64-,65-,66-,67-,70-,71-,72-/m0/s1. The molecular formula is C85H144N22O15. The molecule has 122 heavy (non-hydrogen) atoms. The highest BCUT2D eigenvalue weighted by molar-refractivity contribution is 6.00. The second-order valence-electron chi connectivity index (χ2n) is 33.0. The maximum atomic E-state index is 14.7. The zero-order chi connectivity index (χ0) is 91.1. The van der Waals surface area contributed by atoms with Crippen molar-refractivity contribution in [3.63, 3.8) is 0 Å². The van der Waals surface area contributed by atoms with Crippen LogP contribution >= 0.6 is 0 Å². The summed E-state index contributed by atoms with van der Waals surface area (Å²) in [4.78, 5) is 213. The number of hydrogen-bond acceptors (Lipinski definition) is 21. The van der Waals surface area contributed by atoms with Gasteiger partial charge in [0.15, 0.2) is 0 Å². The van der Waals surface area contributed by atoms with Crippen molar-refractivity contribution < 1.29 is 71.9 Å². The van der Waals surface area contributed by atoms with E-state index in [0.29, 0.717) is 101 Å². The maximum Gasteiger partial charge on any atom is 0.243 e. The van der Waals surface area contributed by atoms with E-state index < -0.39 is 198 Å². The first-order valence-corrected chi connectivity index (χ1v) is 43.3. The molecule has 29 N–H and O–H groups in total. The Kier molecular flexibility index (Phi) is 49.7. The number of hydrogen-bond donors (Lipinski definition) is 22. The van der Waals surface area contributed by atoms with Gasteiger partial charge in [0.05, 0.1) is 19.1 Å². The quantitative estimate of drug-likeness (QED) is 0.0299. The number of para-hydroxylation sites is 1. The topological polar surface area (TPSA) is 622 Å². The van der Waals surface area contributed by atoms with Crippen LogP contribution in [0.15, 0.2) is 60.8 Å². The number of aromatic nitrogens is 1. The van der Waals surface area contributed by atoms with Crippen LogP contribution in [0.5, 0.6) is 0 Å². The molecule has 15 amide bonds. The number of H-pyrrole nitrogens is 1. The molecule has 0 unspecified atom stereocenters. The van der Waals surface area contributed by atoms with E-state index >= 15 is 0 Å². The third kappa shape index (κ3) is 38.9. The third-order valence-electron chi connectivity index (χ3n) is 20.9. The van der Waals surface area contributed by atoms with E-state index in [4.69, 9.17) is 40.1 Å². The second kappa shape index (κ2) is 57.2. The van der Waals surface area contributed by atoms with Gasteiger partial charge in [-0.05, 0) is 189 Å². The van der Waals surface area contributed by atoms with Gasteiger partial charge >= 0.3 is 0 Å². The van der Waals surface area contributed by atoms with E-state index in [1.54, 1.807) is 78.1 Å². The SMILES string of the molecule is CC[C@H](C)[C@H](NC(=O)[C@H](CCCCN)NC(=O)[C@H](CCCCN)NC(=O)[C@H](Cc1ccccc1)NC(=O)CNC(=O)[C@H](CCCCN)NC(=O)[C@H](Cc1c[nH]c2ccccc12)NC(=O)[C@@H](N)CCCCN)C(=O)NCC(=O)N[C@@H](C)C(=O)N[C@H](C(=O)N[C@@H](CC(C)C)C(=O)N[C@@H](CCCCN)C(=O)N[C@H](C(=O)N[C@@H](CC(C)C)C(N)=O)C(C)C)C(C)C. The molecule has 0 bridgehead atoms. The van der Waals surface area contributed by atoms with Crippen LogP contribution in [0.1, 0.15) is 203 Å². The minimum absolute atomic E-state index is 0.00594. The van der Waals surface area contributed by atoms with Gasteiger partial charge in [-0.25, -0.2) is 0 Å². The largest absolute Gasteiger partial charge is 0.368 e. The van der Waals surface area contributed by atoms with Crippen molar-refractivity contribution in [2.45, 2.75) is 283 Å². The maximum absolute atomic E-state index is 14.7. The Hall–Kier alpha value is -10.2. The Morgan fingerprint density at radius 3 is 1.18 bits per heavy atom. The summed E-state index contributed by atoms with van der Waals surface area (Å²) in [6, 6.07) is 0.273. The lowest BCUT2D eigenvalue weighted by Crippen LogP contribution is -2.61. The fraction of sp³-hybridized carbons (Fsp3) is 0.659. The van der Waals surface area contributed by atoms with E-state index in [2.05, 4.69) is 79.4 Å². The third-order valence-corrected chi connectivity index (χ3v) is 20.9. The van der Waals surface area contributed by atoms with Crippen molar-refractivity contribution in [2.24, 2.45) is 69.7 Å². The molecule has 0 spiro atoms. The minimum atomic E-state index is -1.37. The van der Waals surface area contributed by atoms with Crippen LogP contribution < -0.4 is 115 Å². The van der Waals surface area contributed by atoms with Gasteiger partial charge in [0.25, 0.3) is 0 Å². The molecule has 0 radical (unpaired) electrons. The monoisotopic (exact) mass is 1710 g/mol. The van der Waals surface area contributed by atoms with Crippen molar-refractivity contribution in [1.29, 1.82) is 0 Å². The molecular weight excluding hydrogens is 1570 g/mol. The van der Waals surface area contributed by atoms with Gasteiger partial charge in [-0.1, -0.05) is 131 Å². The summed E-state index contributed by atoms with van der Waals surface area (Å²) in [5, 5.41) is 38.6. The number of unbranched alkanes of at least 4 members (excludes halogenated alkanes) is 5. The Labute approximate surface area is 718 Å². The summed E-state index contributed by atoms with van der Waals surface area (Å²) in [5.41, 5.74) is 43.1. The number of carbonyl (C=O) groups excluding carboxylic acids is 15. The molecule has 37 nitrogen and oxygen atoms in total. The second-order valence-corrected chi connectivity index (χ2v) is 33.0. The Bertz CT molecular complexity index is 3810. The number of primary amides is 1. The van der Waals surface area contributed by atoms with Gasteiger partial charge in [0.2, 0.25) is 88.6 Å². The molecule has 1 heterocycles. The molecule has 0 aliphatic heterocycles. The van der Waals surface area contributed by atoms with Gasteiger partial charge in [-0.2, -0.15) is 0 Å². The molecule has 37 heteroatoms. The number of rotatable bonds is 61. The zero-order valence-electron chi connectivity index (χ0n) is 73.4. The van der Waals surface area contributed by atoms with E-state index in [-0.39, 0.29) is 82.8 Å². The first-order valence-electron chi connectivity index (χ1n) is 43.3. The molecule has 684 valence electrons. The molecule has 0 aliphatic carbocycles. The number of fused-ring (bicyclic) bond motifs is 1.